The molecule has 4 nitrogen and oxygen atoms in total. The lowest BCUT2D eigenvalue weighted by Gasteiger charge is -2.06. The summed E-state index contributed by atoms with van der Waals surface area (Å²) < 4.78 is 30.0. The summed E-state index contributed by atoms with van der Waals surface area (Å²) in [5.74, 6) is -0.387. The van der Waals surface area contributed by atoms with E-state index in [0.717, 1.165) is 4.68 Å². The van der Waals surface area contributed by atoms with E-state index in [2.05, 4.69) is 9.84 Å². The van der Waals surface area contributed by atoms with Gasteiger partial charge in [-0.1, -0.05) is 40.9 Å². The van der Waals surface area contributed by atoms with Crippen molar-refractivity contribution >= 4 is 34.8 Å². The van der Waals surface area contributed by atoms with E-state index < -0.39 is 6.61 Å². The van der Waals surface area contributed by atoms with Gasteiger partial charge in [-0.3, -0.25) is 0 Å². The molecule has 0 spiro atoms. The van der Waals surface area contributed by atoms with Crippen molar-refractivity contribution in [1.82, 2.24) is 9.78 Å². The second-order valence-electron chi connectivity index (χ2n) is 4.12. The highest BCUT2D eigenvalue weighted by Crippen LogP contribution is 2.36. The first kappa shape index (κ1) is 16.1. The molecule has 0 unspecified atom stereocenters. The van der Waals surface area contributed by atoms with E-state index in [1.807, 2.05) is 0 Å². The van der Waals surface area contributed by atoms with E-state index in [0.29, 0.717) is 11.3 Å². The molecule has 0 saturated heterocycles. The maximum atomic E-state index is 12.3. The summed E-state index contributed by atoms with van der Waals surface area (Å²) in [6.45, 7) is -3.00. The second kappa shape index (κ2) is 6.25. The Hall–Kier alpha value is -1.24. The lowest BCUT2D eigenvalue weighted by molar-refractivity contribution is -0.0552. The number of benzene rings is 1. The number of nitrogens with zero attached hydrogens (tertiary/aromatic N) is 2. The largest absolute Gasteiger partial charge is 0.506 e. The Morgan fingerprint density at radius 1 is 1.24 bits per heavy atom. The number of halogens is 5. The number of phenolic OH excluding ortho intramolecular Hbond substituents is 1. The summed E-state index contributed by atoms with van der Waals surface area (Å²) in [5, 5.41) is 13.6. The van der Waals surface area contributed by atoms with Gasteiger partial charge in [0.25, 0.3) is 0 Å². The van der Waals surface area contributed by atoms with Gasteiger partial charge in [0.1, 0.15) is 15.8 Å². The molecule has 2 aromatic rings. The van der Waals surface area contributed by atoms with Crippen LogP contribution in [0.1, 0.15) is 11.3 Å². The van der Waals surface area contributed by atoms with Crippen LogP contribution in [0.5, 0.6) is 11.6 Å². The van der Waals surface area contributed by atoms with Crippen LogP contribution in [-0.2, 0) is 13.5 Å². The van der Waals surface area contributed by atoms with Crippen LogP contribution >= 0.6 is 34.8 Å². The van der Waals surface area contributed by atoms with Gasteiger partial charge in [0.2, 0.25) is 5.88 Å². The predicted molar refractivity (Wildman–Crippen MR) is 75.8 cm³/mol. The molecule has 9 heteroatoms. The number of aryl methyl sites for hydroxylation is 1. The number of rotatable bonds is 4. The molecule has 0 aliphatic rings. The van der Waals surface area contributed by atoms with Gasteiger partial charge in [-0.2, -0.15) is 13.9 Å². The summed E-state index contributed by atoms with van der Waals surface area (Å²) >= 11 is 17.8. The number of hydrogen-bond donors (Lipinski definition) is 1. The molecule has 1 aromatic heterocycles. The Kier molecular flexibility index (Phi) is 4.81. The van der Waals surface area contributed by atoms with Crippen molar-refractivity contribution in [2.24, 2.45) is 7.05 Å². The topological polar surface area (TPSA) is 47.3 Å². The maximum absolute atomic E-state index is 12.3. The summed E-state index contributed by atoms with van der Waals surface area (Å²) in [6, 6.07) is 2.92. The fourth-order valence-corrected chi connectivity index (χ4v) is 2.44. The average Bonchev–Trinajstić information content (AvgIpc) is 2.67. The van der Waals surface area contributed by atoms with Gasteiger partial charge < -0.3 is 9.84 Å². The zero-order chi connectivity index (χ0) is 15.7. The highest BCUT2D eigenvalue weighted by atomic mass is 35.5. The molecular weight excluding hydrogens is 348 g/mol. The molecule has 0 atom stereocenters. The van der Waals surface area contributed by atoms with Crippen molar-refractivity contribution in [3.8, 4) is 11.6 Å². The molecule has 1 heterocycles. The molecular formula is C12H9Cl3F2N2O2. The first-order valence-corrected chi connectivity index (χ1v) is 6.76. The summed E-state index contributed by atoms with van der Waals surface area (Å²) in [5.41, 5.74) is 0.849. The van der Waals surface area contributed by atoms with Crippen LogP contribution in [0.4, 0.5) is 8.78 Å². The van der Waals surface area contributed by atoms with Crippen LogP contribution < -0.4 is 4.74 Å². The third-order valence-corrected chi connectivity index (χ3v) is 4.00. The Bertz CT molecular complexity index is 677. The molecule has 1 N–H and O–H groups in total. The third-order valence-electron chi connectivity index (χ3n) is 2.71. The molecule has 21 heavy (non-hydrogen) atoms. The number of aromatic hydroxyl groups is 1. The molecule has 0 saturated carbocycles. The van der Waals surface area contributed by atoms with Crippen LogP contribution in [0.25, 0.3) is 0 Å². The zero-order valence-electron chi connectivity index (χ0n) is 10.6. The molecule has 0 amide bonds. The maximum Gasteiger partial charge on any atom is 0.388 e. The summed E-state index contributed by atoms with van der Waals surface area (Å²) in [7, 11) is 1.43. The highest BCUT2D eigenvalue weighted by Gasteiger charge is 2.20. The molecule has 2 rings (SSSR count). The monoisotopic (exact) mass is 356 g/mol. The molecule has 0 aliphatic carbocycles. The molecule has 0 radical (unpaired) electrons. The standard InChI is InChI=1S/C12H9Cl3F2N2O2/c1-19-11(21-12(16)17)9(14)6(18-19)4-5-2-3-7(20)10(15)8(5)13/h2-3,12,20H,4H2,1H3. The van der Waals surface area contributed by atoms with Crippen molar-refractivity contribution in [3.05, 3.63) is 38.5 Å². The number of phenols is 1. The third kappa shape index (κ3) is 3.33. The van der Waals surface area contributed by atoms with Crippen LogP contribution in [-0.4, -0.2) is 21.5 Å². The summed E-state index contributed by atoms with van der Waals surface area (Å²) in [6.07, 6.45) is 0.151. The lowest BCUT2D eigenvalue weighted by Crippen LogP contribution is -2.06. The van der Waals surface area contributed by atoms with Gasteiger partial charge in [0.15, 0.2) is 0 Å². The van der Waals surface area contributed by atoms with Crippen molar-refractivity contribution in [3.63, 3.8) is 0 Å². The van der Waals surface area contributed by atoms with Crippen LogP contribution in [0.3, 0.4) is 0 Å². The molecule has 114 valence electrons. The Balaban J connectivity index is 2.35. The molecule has 0 bridgehead atoms. The van der Waals surface area contributed by atoms with Crippen molar-refractivity contribution < 1.29 is 18.6 Å². The smallest absolute Gasteiger partial charge is 0.388 e. The minimum atomic E-state index is -3.00. The van der Waals surface area contributed by atoms with E-state index in [1.54, 1.807) is 6.07 Å². The fourth-order valence-electron chi connectivity index (χ4n) is 1.76. The van der Waals surface area contributed by atoms with Crippen molar-refractivity contribution in [2.45, 2.75) is 13.0 Å². The minimum Gasteiger partial charge on any atom is -0.506 e. The van der Waals surface area contributed by atoms with E-state index in [1.165, 1.54) is 13.1 Å². The normalized spacial score (nSPS) is 11.2. The highest BCUT2D eigenvalue weighted by molar-refractivity contribution is 6.43. The van der Waals surface area contributed by atoms with E-state index in [9.17, 15) is 13.9 Å². The first-order valence-electron chi connectivity index (χ1n) is 5.63. The van der Waals surface area contributed by atoms with Crippen molar-refractivity contribution in [2.75, 3.05) is 0 Å². The van der Waals surface area contributed by atoms with Crippen LogP contribution in [0.2, 0.25) is 15.1 Å². The number of hydrogen-bond acceptors (Lipinski definition) is 3. The Labute approximate surface area is 133 Å². The van der Waals surface area contributed by atoms with Crippen LogP contribution in [0.15, 0.2) is 12.1 Å². The Morgan fingerprint density at radius 3 is 2.52 bits per heavy atom. The molecule has 0 aliphatic heterocycles. The fraction of sp³-hybridized carbons (Fsp3) is 0.250. The van der Waals surface area contributed by atoms with Crippen LogP contribution in [0, 0.1) is 0 Å². The van der Waals surface area contributed by atoms with E-state index in [4.69, 9.17) is 34.8 Å². The number of alkyl halides is 2. The first-order chi connectivity index (χ1) is 9.81. The Morgan fingerprint density at radius 2 is 1.90 bits per heavy atom. The van der Waals surface area contributed by atoms with Gasteiger partial charge >= 0.3 is 6.61 Å². The molecule has 0 fully saturated rings. The number of ether oxygens (including phenoxy) is 1. The minimum absolute atomic E-state index is 0.00488. The predicted octanol–water partition coefficient (Wildman–Crippen LogP) is 4.28. The van der Waals surface area contributed by atoms with Gasteiger partial charge in [0, 0.05) is 13.5 Å². The quantitative estimate of drug-likeness (QED) is 0.888. The van der Waals surface area contributed by atoms with E-state index in [-0.39, 0.29) is 33.1 Å². The summed E-state index contributed by atoms with van der Waals surface area (Å²) in [4.78, 5) is 0. The van der Waals surface area contributed by atoms with Gasteiger partial charge in [-0.15, -0.1) is 0 Å². The van der Waals surface area contributed by atoms with E-state index >= 15 is 0 Å². The van der Waals surface area contributed by atoms with Gasteiger partial charge in [-0.05, 0) is 11.6 Å². The SMILES string of the molecule is Cn1nc(Cc2ccc(O)c(Cl)c2Cl)c(Cl)c1OC(F)F. The lowest BCUT2D eigenvalue weighted by atomic mass is 10.1. The molecule has 1 aromatic carbocycles. The number of aromatic nitrogens is 2. The van der Waals surface area contributed by atoms with Gasteiger partial charge in [0.05, 0.1) is 10.7 Å². The average molecular weight is 358 g/mol. The van der Waals surface area contributed by atoms with Gasteiger partial charge in [-0.25, -0.2) is 4.68 Å². The second-order valence-corrected chi connectivity index (χ2v) is 5.25. The zero-order valence-corrected chi connectivity index (χ0v) is 12.8. The van der Waals surface area contributed by atoms with Crippen molar-refractivity contribution in [1.29, 1.82) is 0 Å².